The second kappa shape index (κ2) is 3.50. The molecule has 2 rings (SSSR count). The molecular formula is C10H10BrClO. The Kier molecular flexibility index (Phi) is 2.52. The molecule has 0 radical (unpaired) electrons. The molecule has 0 aromatic heterocycles. The zero-order valence-electron chi connectivity index (χ0n) is 7.09. The molecular weight excluding hydrogens is 251 g/mol. The van der Waals surface area contributed by atoms with E-state index in [0.717, 1.165) is 23.9 Å². The van der Waals surface area contributed by atoms with Gasteiger partial charge in [0, 0.05) is 5.33 Å². The minimum absolute atomic E-state index is 0.0188. The fourth-order valence-electron chi connectivity index (χ4n) is 1.16. The van der Waals surface area contributed by atoms with E-state index in [4.69, 9.17) is 16.3 Å². The van der Waals surface area contributed by atoms with Crippen LogP contribution >= 0.6 is 27.5 Å². The molecule has 1 aliphatic carbocycles. The van der Waals surface area contributed by atoms with Crippen LogP contribution in [0.3, 0.4) is 0 Å². The van der Waals surface area contributed by atoms with Crippen LogP contribution in [0.5, 0.6) is 5.75 Å². The topological polar surface area (TPSA) is 9.23 Å². The van der Waals surface area contributed by atoms with Gasteiger partial charge in [-0.3, -0.25) is 0 Å². The van der Waals surface area contributed by atoms with Gasteiger partial charge in [-0.15, -0.1) is 0 Å². The predicted octanol–water partition coefficient (Wildman–Crippen LogP) is 3.65. The Morgan fingerprint density at radius 2 is 2.08 bits per heavy atom. The monoisotopic (exact) mass is 260 g/mol. The van der Waals surface area contributed by atoms with Gasteiger partial charge < -0.3 is 4.74 Å². The summed E-state index contributed by atoms with van der Waals surface area (Å²) in [6.45, 7) is 0. The number of alkyl halides is 1. The van der Waals surface area contributed by atoms with E-state index in [1.807, 2.05) is 24.3 Å². The van der Waals surface area contributed by atoms with Crippen LogP contribution in [0.1, 0.15) is 12.8 Å². The van der Waals surface area contributed by atoms with Gasteiger partial charge in [-0.05, 0) is 25.0 Å². The highest BCUT2D eigenvalue weighted by molar-refractivity contribution is 9.09. The minimum atomic E-state index is 0.0188. The van der Waals surface area contributed by atoms with E-state index in [2.05, 4.69) is 15.9 Å². The minimum Gasteiger partial charge on any atom is -0.485 e. The molecule has 1 aromatic rings. The first-order chi connectivity index (χ1) is 6.26. The van der Waals surface area contributed by atoms with Crippen LogP contribution in [-0.2, 0) is 0 Å². The molecule has 70 valence electrons. The van der Waals surface area contributed by atoms with Gasteiger partial charge in [-0.2, -0.15) is 0 Å². The Morgan fingerprint density at radius 3 is 2.62 bits per heavy atom. The zero-order chi connectivity index (χ0) is 9.31. The number of benzene rings is 1. The van der Waals surface area contributed by atoms with Crippen LogP contribution in [0.4, 0.5) is 0 Å². The summed E-state index contributed by atoms with van der Waals surface area (Å²) < 4.78 is 5.81. The molecule has 1 aliphatic rings. The summed E-state index contributed by atoms with van der Waals surface area (Å²) in [5.41, 5.74) is 0.0188. The SMILES string of the molecule is Clc1ccccc1OC1(CBr)CC1. The standard InChI is InChI=1S/C10H10BrClO/c11-7-10(5-6-10)13-9-4-2-1-3-8(9)12/h1-4H,5-7H2. The van der Waals surface area contributed by atoms with E-state index >= 15 is 0 Å². The van der Waals surface area contributed by atoms with Crippen LogP contribution in [0.15, 0.2) is 24.3 Å². The molecule has 0 aliphatic heterocycles. The van der Waals surface area contributed by atoms with Crippen LogP contribution in [0, 0.1) is 0 Å². The number of ether oxygens (including phenoxy) is 1. The molecule has 1 nitrogen and oxygen atoms in total. The third-order valence-electron chi connectivity index (χ3n) is 2.21. The molecule has 13 heavy (non-hydrogen) atoms. The summed E-state index contributed by atoms with van der Waals surface area (Å²) in [6.07, 6.45) is 2.23. The molecule has 0 bridgehead atoms. The van der Waals surface area contributed by atoms with Gasteiger partial charge in [0.05, 0.1) is 5.02 Å². The van der Waals surface area contributed by atoms with Gasteiger partial charge in [0.1, 0.15) is 11.4 Å². The largest absolute Gasteiger partial charge is 0.485 e. The van der Waals surface area contributed by atoms with Crippen molar-refractivity contribution in [1.29, 1.82) is 0 Å². The van der Waals surface area contributed by atoms with Crippen molar-refractivity contribution in [1.82, 2.24) is 0 Å². The van der Waals surface area contributed by atoms with Crippen molar-refractivity contribution < 1.29 is 4.74 Å². The number of para-hydroxylation sites is 1. The molecule has 0 spiro atoms. The van der Waals surface area contributed by atoms with Crippen LogP contribution in [0.2, 0.25) is 5.02 Å². The average molecular weight is 262 g/mol. The van der Waals surface area contributed by atoms with E-state index in [1.165, 1.54) is 0 Å². The average Bonchev–Trinajstić information content (AvgIpc) is 2.90. The molecule has 1 fully saturated rings. The van der Waals surface area contributed by atoms with Crippen molar-refractivity contribution in [2.24, 2.45) is 0 Å². The summed E-state index contributed by atoms with van der Waals surface area (Å²) >= 11 is 9.42. The first kappa shape index (κ1) is 9.35. The smallest absolute Gasteiger partial charge is 0.138 e. The molecule has 0 N–H and O–H groups in total. The normalized spacial score (nSPS) is 18.3. The molecule has 0 unspecified atom stereocenters. The van der Waals surface area contributed by atoms with Gasteiger partial charge in [0.25, 0.3) is 0 Å². The predicted molar refractivity (Wildman–Crippen MR) is 57.8 cm³/mol. The number of hydrogen-bond donors (Lipinski definition) is 0. The lowest BCUT2D eigenvalue weighted by molar-refractivity contribution is 0.207. The first-order valence-corrected chi connectivity index (χ1v) is 5.75. The van der Waals surface area contributed by atoms with Crippen molar-refractivity contribution in [3.63, 3.8) is 0 Å². The molecule has 0 atom stereocenters. The molecule has 0 heterocycles. The van der Waals surface area contributed by atoms with Crippen molar-refractivity contribution >= 4 is 27.5 Å². The van der Waals surface area contributed by atoms with Crippen molar-refractivity contribution in [2.45, 2.75) is 18.4 Å². The number of hydrogen-bond acceptors (Lipinski definition) is 1. The van der Waals surface area contributed by atoms with E-state index in [-0.39, 0.29) is 5.60 Å². The lowest BCUT2D eigenvalue weighted by Crippen LogP contribution is -2.19. The van der Waals surface area contributed by atoms with Crippen molar-refractivity contribution in [2.75, 3.05) is 5.33 Å². The summed E-state index contributed by atoms with van der Waals surface area (Å²) in [5, 5.41) is 1.57. The maximum atomic E-state index is 5.97. The molecule has 1 saturated carbocycles. The van der Waals surface area contributed by atoms with Crippen LogP contribution in [-0.4, -0.2) is 10.9 Å². The summed E-state index contributed by atoms with van der Waals surface area (Å²) in [4.78, 5) is 0. The zero-order valence-corrected chi connectivity index (χ0v) is 9.44. The third kappa shape index (κ3) is 2.00. The van der Waals surface area contributed by atoms with Gasteiger partial charge >= 0.3 is 0 Å². The van der Waals surface area contributed by atoms with Crippen LogP contribution in [0.25, 0.3) is 0 Å². The maximum absolute atomic E-state index is 5.97. The highest BCUT2D eigenvalue weighted by Crippen LogP contribution is 2.43. The molecule has 0 amide bonds. The lowest BCUT2D eigenvalue weighted by atomic mass is 10.3. The summed E-state index contributed by atoms with van der Waals surface area (Å²) in [7, 11) is 0. The Labute approximate surface area is 91.2 Å². The van der Waals surface area contributed by atoms with Gasteiger partial charge in [0.15, 0.2) is 0 Å². The Morgan fingerprint density at radius 1 is 1.38 bits per heavy atom. The van der Waals surface area contributed by atoms with Crippen molar-refractivity contribution in [3.8, 4) is 5.75 Å². The Bertz CT molecular complexity index is 310. The second-order valence-corrected chi connectivity index (χ2v) is 4.32. The van der Waals surface area contributed by atoms with Crippen molar-refractivity contribution in [3.05, 3.63) is 29.3 Å². The second-order valence-electron chi connectivity index (χ2n) is 3.35. The Balaban J connectivity index is 2.14. The summed E-state index contributed by atoms with van der Waals surface area (Å²) in [6, 6.07) is 7.60. The Hall–Kier alpha value is -0.210. The highest BCUT2D eigenvalue weighted by atomic mass is 79.9. The summed E-state index contributed by atoms with van der Waals surface area (Å²) in [5.74, 6) is 0.793. The van der Waals surface area contributed by atoms with E-state index in [0.29, 0.717) is 5.02 Å². The highest BCUT2D eigenvalue weighted by Gasteiger charge is 2.44. The number of halogens is 2. The fourth-order valence-corrected chi connectivity index (χ4v) is 2.01. The first-order valence-electron chi connectivity index (χ1n) is 4.25. The van der Waals surface area contributed by atoms with E-state index in [9.17, 15) is 0 Å². The van der Waals surface area contributed by atoms with Gasteiger partial charge in [-0.1, -0.05) is 39.7 Å². The number of rotatable bonds is 3. The molecule has 3 heteroatoms. The van der Waals surface area contributed by atoms with E-state index in [1.54, 1.807) is 0 Å². The quantitative estimate of drug-likeness (QED) is 0.755. The van der Waals surface area contributed by atoms with Gasteiger partial charge in [0.2, 0.25) is 0 Å². The lowest BCUT2D eigenvalue weighted by Gasteiger charge is -2.15. The fraction of sp³-hybridized carbons (Fsp3) is 0.400. The van der Waals surface area contributed by atoms with E-state index < -0.39 is 0 Å². The third-order valence-corrected chi connectivity index (χ3v) is 3.55. The molecule has 1 aromatic carbocycles. The van der Waals surface area contributed by atoms with Gasteiger partial charge in [-0.25, -0.2) is 0 Å². The maximum Gasteiger partial charge on any atom is 0.138 e. The van der Waals surface area contributed by atoms with Crippen LogP contribution < -0.4 is 4.74 Å². The molecule has 0 saturated heterocycles.